The molecule has 0 bridgehead atoms. The number of rotatable bonds is 2. The van der Waals surface area contributed by atoms with Crippen molar-refractivity contribution < 1.29 is 13.6 Å². The molecule has 2 heterocycles. The molecular formula is C10H5F2IN2OS. The van der Waals surface area contributed by atoms with Gasteiger partial charge >= 0.3 is 0 Å². The molecule has 17 heavy (non-hydrogen) atoms. The fraction of sp³-hybridized carbons (Fsp3) is 0. The number of anilines is 1. The van der Waals surface area contributed by atoms with Gasteiger partial charge in [-0.05, 0) is 40.8 Å². The van der Waals surface area contributed by atoms with Crippen molar-refractivity contribution in [3.63, 3.8) is 0 Å². The Labute approximate surface area is 113 Å². The van der Waals surface area contributed by atoms with Crippen LogP contribution in [0.5, 0.6) is 0 Å². The number of amides is 1. The van der Waals surface area contributed by atoms with Crippen molar-refractivity contribution in [2.75, 3.05) is 5.32 Å². The molecule has 2 aromatic heterocycles. The zero-order chi connectivity index (χ0) is 12.4. The van der Waals surface area contributed by atoms with Crippen LogP contribution in [0.1, 0.15) is 10.4 Å². The van der Waals surface area contributed by atoms with Gasteiger partial charge in [-0.2, -0.15) is 13.8 Å². The number of carbonyl (C=O) groups is 1. The fourth-order valence-electron chi connectivity index (χ4n) is 1.13. The first kappa shape index (κ1) is 12.4. The maximum absolute atomic E-state index is 13.2. The van der Waals surface area contributed by atoms with E-state index in [4.69, 9.17) is 0 Å². The lowest BCUT2D eigenvalue weighted by molar-refractivity contribution is 0.102. The van der Waals surface area contributed by atoms with E-state index in [0.29, 0.717) is 5.56 Å². The van der Waals surface area contributed by atoms with Gasteiger partial charge in [-0.1, -0.05) is 0 Å². The summed E-state index contributed by atoms with van der Waals surface area (Å²) in [6.07, 6.45) is 0. The van der Waals surface area contributed by atoms with E-state index in [1.165, 1.54) is 11.3 Å². The molecule has 0 fully saturated rings. The van der Waals surface area contributed by atoms with Crippen LogP contribution in [-0.2, 0) is 0 Å². The van der Waals surface area contributed by atoms with Crippen molar-refractivity contribution >= 4 is 45.5 Å². The first-order chi connectivity index (χ1) is 8.06. The highest BCUT2D eigenvalue weighted by Crippen LogP contribution is 2.19. The lowest BCUT2D eigenvalue weighted by Gasteiger charge is -2.03. The summed E-state index contributed by atoms with van der Waals surface area (Å²) in [4.78, 5) is 14.6. The van der Waals surface area contributed by atoms with Crippen molar-refractivity contribution in [2.24, 2.45) is 0 Å². The number of nitrogens with one attached hydrogen (secondary N) is 1. The molecule has 1 amide bonds. The van der Waals surface area contributed by atoms with Gasteiger partial charge in [0.2, 0.25) is 11.9 Å². The maximum Gasteiger partial charge on any atom is 0.256 e. The molecular weight excluding hydrogens is 361 g/mol. The molecule has 0 aromatic carbocycles. The minimum atomic E-state index is -1.04. The molecule has 0 aliphatic heterocycles. The van der Waals surface area contributed by atoms with Crippen LogP contribution in [0.15, 0.2) is 23.6 Å². The average molecular weight is 366 g/mol. The van der Waals surface area contributed by atoms with Crippen molar-refractivity contribution in [3.8, 4) is 0 Å². The van der Waals surface area contributed by atoms with Gasteiger partial charge in [-0.15, -0.1) is 11.3 Å². The van der Waals surface area contributed by atoms with Crippen LogP contribution in [0.3, 0.4) is 0 Å². The van der Waals surface area contributed by atoms with Gasteiger partial charge in [0.15, 0.2) is 0 Å². The van der Waals surface area contributed by atoms with Gasteiger partial charge in [0.25, 0.3) is 5.91 Å². The molecule has 0 spiro atoms. The summed E-state index contributed by atoms with van der Waals surface area (Å²) >= 11 is 3.48. The number of hydrogen-bond donors (Lipinski definition) is 1. The highest BCUT2D eigenvalue weighted by atomic mass is 127. The molecule has 3 nitrogen and oxygen atoms in total. The third kappa shape index (κ3) is 2.97. The number of carbonyl (C=O) groups excluding carboxylic acids is 1. The summed E-state index contributed by atoms with van der Waals surface area (Å²) in [6.45, 7) is 0. The SMILES string of the molecule is O=C(Nc1ccc(F)nc1F)c1csc(I)c1. The van der Waals surface area contributed by atoms with E-state index in [2.05, 4.69) is 32.9 Å². The summed E-state index contributed by atoms with van der Waals surface area (Å²) in [5.74, 6) is -2.41. The van der Waals surface area contributed by atoms with Gasteiger partial charge < -0.3 is 5.32 Å². The highest BCUT2D eigenvalue weighted by molar-refractivity contribution is 14.1. The fourth-order valence-corrected chi connectivity index (χ4v) is 2.46. The van der Waals surface area contributed by atoms with Gasteiger partial charge in [0.1, 0.15) is 0 Å². The van der Waals surface area contributed by atoms with Crippen LogP contribution in [0.4, 0.5) is 14.5 Å². The molecule has 0 saturated heterocycles. The molecule has 1 N–H and O–H groups in total. The zero-order valence-corrected chi connectivity index (χ0v) is 11.2. The van der Waals surface area contributed by atoms with E-state index in [-0.39, 0.29) is 5.69 Å². The van der Waals surface area contributed by atoms with Gasteiger partial charge in [-0.25, -0.2) is 0 Å². The molecule has 0 saturated carbocycles. The van der Waals surface area contributed by atoms with Crippen molar-refractivity contribution in [2.45, 2.75) is 0 Å². The van der Waals surface area contributed by atoms with E-state index in [9.17, 15) is 13.6 Å². The summed E-state index contributed by atoms with van der Waals surface area (Å²) in [7, 11) is 0. The number of halogens is 3. The average Bonchev–Trinajstić information content (AvgIpc) is 2.69. The second kappa shape index (κ2) is 5.05. The lowest BCUT2D eigenvalue weighted by Crippen LogP contribution is -2.12. The van der Waals surface area contributed by atoms with Crippen LogP contribution in [0, 0.1) is 14.8 Å². The largest absolute Gasteiger partial charge is 0.318 e. The van der Waals surface area contributed by atoms with Crippen LogP contribution in [-0.4, -0.2) is 10.9 Å². The normalized spacial score (nSPS) is 10.3. The molecule has 2 rings (SSSR count). The summed E-state index contributed by atoms with van der Waals surface area (Å²) < 4.78 is 26.7. The smallest absolute Gasteiger partial charge is 0.256 e. The Morgan fingerprint density at radius 1 is 1.41 bits per heavy atom. The van der Waals surface area contributed by atoms with Gasteiger partial charge in [0, 0.05) is 5.38 Å². The summed E-state index contributed by atoms with van der Waals surface area (Å²) in [5, 5.41) is 3.99. The van der Waals surface area contributed by atoms with E-state index in [1.54, 1.807) is 11.4 Å². The molecule has 0 atom stereocenters. The Morgan fingerprint density at radius 2 is 2.18 bits per heavy atom. The minimum absolute atomic E-state index is 0.141. The first-order valence-electron chi connectivity index (χ1n) is 4.43. The molecule has 0 aliphatic carbocycles. The third-order valence-corrected chi connectivity index (χ3v) is 3.68. The number of aromatic nitrogens is 1. The van der Waals surface area contributed by atoms with E-state index >= 15 is 0 Å². The van der Waals surface area contributed by atoms with E-state index in [1.807, 2.05) is 0 Å². The van der Waals surface area contributed by atoms with Crippen molar-refractivity contribution in [3.05, 3.63) is 43.9 Å². The molecule has 0 aliphatic rings. The predicted octanol–water partition coefficient (Wildman–Crippen LogP) is 3.28. The van der Waals surface area contributed by atoms with Crippen LogP contribution < -0.4 is 5.32 Å². The molecule has 0 radical (unpaired) electrons. The van der Waals surface area contributed by atoms with Crippen LogP contribution in [0.25, 0.3) is 0 Å². The number of thiophene rings is 1. The van der Waals surface area contributed by atoms with Gasteiger partial charge in [0.05, 0.1) is 14.1 Å². The Kier molecular flexibility index (Phi) is 3.67. The second-order valence-corrected chi connectivity index (χ2v) is 5.87. The van der Waals surface area contributed by atoms with E-state index < -0.39 is 17.8 Å². The van der Waals surface area contributed by atoms with E-state index in [0.717, 1.165) is 15.0 Å². The minimum Gasteiger partial charge on any atom is -0.318 e. The number of nitrogens with zero attached hydrogens (tertiary/aromatic N) is 1. The quantitative estimate of drug-likeness (QED) is 0.655. The van der Waals surface area contributed by atoms with Crippen molar-refractivity contribution in [1.82, 2.24) is 4.98 Å². The Balaban J connectivity index is 2.18. The van der Waals surface area contributed by atoms with Crippen LogP contribution in [0.2, 0.25) is 0 Å². The molecule has 88 valence electrons. The third-order valence-electron chi connectivity index (χ3n) is 1.89. The Morgan fingerprint density at radius 3 is 2.76 bits per heavy atom. The lowest BCUT2D eigenvalue weighted by atomic mass is 10.3. The maximum atomic E-state index is 13.2. The van der Waals surface area contributed by atoms with Crippen molar-refractivity contribution in [1.29, 1.82) is 0 Å². The predicted molar refractivity (Wildman–Crippen MR) is 69.1 cm³/mol. The Bertz CT molecular complexity index is 573. The highest BCUT2D eigenvalue weighted by Gasteiger charge is 2.12. The Hall–Kier alpha value is -1.09. The standard InChI is InChI=1S/C10H5F2IN2OS/c11-7-2-1-6(9(12)15-7)14-10(16)5-3-8(13)17-4-5/h1-4H,(H,14,16). The summed E-state index contributed by atoms with van der Waals surface area (Å²) in [6, 6.07) is 3.79. The second-order valence-electron chi connectivity index (χ2n) is 3.07. The summed E-state index contributed by atoms with van der Waals surface area (Å²) in [5.41, 5.74) is 0.292. The topological polar surface area (TPSA) is 42.0 Å². The van der Waals surface area contributed by atoms with Crippen LogP contribution >= 0.6 is 33.9 Å². The zero-order valence-electron chi connectivity index (χ0n) is 8.21. The molecule has 2 aromatic rings. The first-order valence-corrected chi connectivity index (χ1v) is 6.39. The molecule has 0 unspecified atom stereocenters. The number of hydrogen-bond acceptors (Lipinski definition) is 3. The molecule has 7 heteroatoms. The monoisotopic (exact) mass is 366 g/mol. The number of pyridine rings is 1. The van der Waals surface area contributed by atoms with Gasteiger partial charge in [-0.3, -0.25) is 4.79 Å².